The number of hydrogen-bond donors (Lipinski definition) is 2. The van der Waals surface area contributed by atoms with Gasteiger partial charge in [-0.25, -0.2) is 0 Å². The molecule has 1 fully saturated rings. The SMILES string of the molecule is CNC(C)(C)CNCC1(C)CCC1. The summed E-state index contributed by atoms with van der Waals surface area (Å²) in [4.78, 5) is 0. The molecule has 13 heavy (non-hydrogen) atoms. The van der Waals surface area contributed by atoms with Crippen molar-refractivity contribution >= 4 is 0 Å². The highest BCUT2D eigenvalue weighted by Crippen LogP contribution is 2.39. The summed E-state index contributed by atoms with van der Waals surface area (Å²) in [5.41, 5.74) is 0.823. The predicted octanol–water partition coefficient (Wildman–Crippen LogP) is 1.76. The standard InChI is InChI=1S/C11H24N2/c1-10(2,12-4)8-13-9-11(3)6-5-7-11/h12-13H,5-9H2,1-4H3. The Morgan fingerprint density at radius 2 is 1.92 bits per heavy atom. The van der Waals surface area contributed by atoms with Gasteiger partial charge in [-0.3, -0.25) is 0 Å². The first kappa shape index (κ1) is 11.0. The molecule has 1 aliphatic carbocycles. The molecule has 0 aromatic rings. The normalized spacial score (nSPS) is 21.2. The van der Waals surface area contributed by atoms with E-state index in [0.29, 0.717) is 5.41 Å². The molecule has 2 N–H and O–H groups in total. The Bertz CT molecular complexity index is 148. The van der Waals surface area contributed by atoms with Gasteiger partial charge in [0.2, 0.25) is 0 Å². The van der Waals surface area contributed by atoms with Crippen LogP contribution in [-0.2, 0) is 0 Å². The summed E-state index contributed by atoms with van der Waals surface area (Å²) in [6.45, 7) is 9.07. The number of hydrogen-bond acceptors (Lipinski definition) is 2. The molecule has 0 spiro atoms. The molecule has 0 amide bonds. The molecule has 0 saturated heterocycles. The van der Waals surface area contributed by atoms with Gasteiger partial charge in [0.15, 0.2) is 0 Å². The van der Waals surface area contributed by atoms with E-state index in [-0.39, 0.29) is 5.54 Å². The quantitative estimate of drug-likeness (QED) is 0.680. The van der Waals surface area contributed by atoms with Gasteiger partial charge < -0.3 is 10.6 Å². The fraction of sp³-hybridized carbons (Fsp3) is 1.00. The van der Waals surface area contributed by atoms with E-state index in [9.17, 15) is 0 Å². The third-order valence-electron chi connectivity index (χ3n) is 3.36. The molecule has 2 heteroatoms. The topological polar surface area (TPSA) is 24.1 Å². The predicted molar refractivity (Wildman–Crippen MR) is 58.0 cm³/mol. The van der Waals surface area contributed by atoms with Crippen molar-refractivity contribution < 1.29 is 0 Å². The summed E-state index contributed by atoms with van der Waals surface area (Å²) >= 11 is 0. The minimum atomic E-state index is 0.222. The highest BCUT2D eigenvalue weighted by Gasteiger charge is 2.31. The maximum absolute atomic E-state index is 3.56. The summed E-state index contributed by atoms with van der Waals surface area (Å²) < 4.78 is 0. The molecule has 2 nitrogen and oxygen atoms in total. The highest BCUT2D eigenvalue weighted by atomic mass is 15.0. The molecule has 78 valence electrons. The summed E-state index contributed by atoms with van der Waals surface area (Å²) in [6, 6.07) is 0. The molecule has 1 saturated carbocycles. The molecule has 0 bridgehead atoms. The molecule has 0 heterocycles. The van der Waals surface area contributed by atoms with Crippen LogP contribution >= 0.6 is 0 Å². The smallest absolute Gasteiger partial charge is 0.0246 e. The third kappa shape index (κ3) is 3.28. The van der Waals surface area contributed by atoms with Crippen LogP contribution in [0.15, 0.2) is 0 Å². The van der Waals surface area contributed by atoms with Crippen LogP contribution in [0.5, 0.6) is 0 Å². The van der Waals surface area contributed by atoms with E-state index in [0.717, 1.165) is 6.54 Å². The summed E-state index contributed by atoms with van der Waals surface area (Å²) in [5, 5.41) is 6.86. The third-order valence-corrected chi connectivity index (χ3v) is 3.36. The lowest BCUT2D eigenvalue weighted by atomic mass is 9.70. The Morgan fingerprint density at radius 3 is 2.31 bits per heavy atom. The molecule has 0 atom stereocenters. The van der Waals surface area contributed by atoms with Gasteiger partial charge in [-0.05, 0) is 39.2 Å². The van der Waals surface area contributed by atoms with Crippen molar-refractivity contribution in [2.75, 3.05) is 20.1 Å². The maximum atomic E-state index is 3.56. The van der Waals surface area contributed by atoms with Crippen LogP contribution in [0.2, 0.25) is 0 Å². The van der Waals surface area contributed by atoms with Crippen molar-refractivity contribution in [1.82, 2.24) is 10.6 Å². The minimum Gasteiger partial charge on any atom is -0.314 e. The van der Waals surface area contributed by atoms with Gasteiger partial charge in [-0.2, -0.15) is 0 Å². The van der Waals surface area contributed by atoms with Gasteiger partial charge in [-0.1, -0.05) is 13.3 Å². The van der Waals surface area contributed by atoms with Crippen molar-refractivity contribution in [3.8, 4) is 0 Å². The average Bonchev–Trinajstić information content (AvgIpc) is 2.01. The first-order valence-electron chi connectivity index (χ1n) is 5.37. The van der Waals surface area contributed by atoms with Crippen LogP contribution in [0.1, 0.15) is 40.0 Å². The van der Waals surface area contributed by atoms with E-state index in [4.69, 9.17) is 0 Å². The van der Waals surface area contributed by atoms with E-state index < -0.39 is 0 Å². The van der Waals surface area contributed by atoms with Gasteiger partial charge in [0, 0.05) is 18.6 Å². The Labute approximate surface area is 82.5 Å². The van der Waals surface area contributed by atoms with Gasteiger partial charge in [-0.15, -0.1) is 0 Å². The van der Waals surface area contributed by atoms with Crippen LogP contribution in [0.4, 0.5) is 0 Å². The molecule has 0 aromatic carbocycles. The summed E-state index contributed by atoms with van der Waals surface area (Å²) in [5.74, 6) is 0. The van der Waals surface area contributed by atoms with Crippen molar-refractivity contribution in [2.24, 2.45) is 5.41 Å². The number of nitrogens with one attached hydrogen (secondary N) is 2. The van der Waals surface area contributed by atoms with E-state index >= 15 is 0 Å². The van der Waals surface area contributed by atoms with E-state index in [1.54, 1.807) is 0 Å². The Morgan fingerprint density at radius 1 is 1.31 bits per heavy atom. The lowest BCUT2D eigenvalue weighted by molar-refractivity contribution is 0.153. The van der Waals surface area contributed by atoms with Gasteiger partial charge in [0.05, 0.1) is 0 Å². The monoisotopic (exact) mass is 184 g/mol. The molecular formula is C11H24N2. The molecule has 0 aliphatic heterocycles. The second kappa shape index (κ2) is 3.97. The Hall–Kier alpha value is -0.0800. The van der Waals surface area contributed by atoms with Crippen LogP contribution in [0.25, 0.3) is 0 Å². The molecule has 0 unspecified atom stereocenters. The molecule has 1 rings (SSSR count). The average molecular weight is 184 g/mol. The molecular weight excluding hydrogens is 160 g/mol. The lowest BCUT2D eigenvalue weighted by Gasteiger charge is -2.39. The van der Waals surface area contributed by atoms with Crippen molar-refractivity contribution in [3.63, 3.8) is 0 Å². The fourth-order valence-corrected chi connectivity index (χ4v) is 1.72. The van der Waals surface area contributed by atoms with E-state index in [2.05, 4.69) is 31.4 Å². The van der Waals surface area contributed by atoms with Crippen molar-refractivity contribution in [3.05, 3.63) is 0 Å². The molecule has 1 aliphatic rings. The second-order valence-electron chi connectivity index (χ2n) is 5.40. The van der Waals surface area contributed by atoms with Crippen LogP contribution in [0.3, 0.4) is 0 Å². The molecule has 0 radical (unpaired) electrons. The van der Waals surface area contributed by atoms with Crippen molar-refractivity contribution in [1.29, 1.82) is 0 Å². The first-order chi connectivity index (χ1) is 5.97. The highest BCUT2D eigenvalue weighted by molar-refractivity contribution is 4.87. The second-order valence-corrected chi connectivity index (χ2v) is 5.40. The van der Waals surface area contributed by atoms with Gasteiger partial charge in [0.25, 0.3) is 0 Å². The minimum absolute atomic E-state index is 0.222. The van der Waals surface area contributed by atoms with Crippen LogP contribution in [-0.4, -0.2) is 25.7 Å². The largest absolute Gasteiger partial charge is 0.314 e. The Kier molecular flexibility index (Phi) is 3.36. The van der Waals surface area contributed by atoms with Crippen LogP contribution < -0.4 is 10.6 Å². The number of rotatable bonds is 5. The zero-order valence-electron chi connectivity index (χ0n) is 9.54. The van der Waals surface area contributed by atoms with Gasteiger partial charge >= 0.3 is 0 Å². The van der Waals surface area contributed by atoms with E-state index in [1.165, 1.54) is 25.8 Å². The zero-order chi connectivity index (χ0) is 9.95. The Balaban J connectivity index is 2.13. The number of likely N-dealkylation sites (N-methyl/N-ethyl adjacent to an activating group) is 1. The lowest BCUT2D eigenvalue weighted by Crippen LogP contribution is -2.48. The summed E-state index contributed by atoms with van der Waals surface area (Å²) in [7, 11) is 2.02. The van der Waals surface area contributed by atoms with Gasteiger partial charge in [0.1, 0.15) is 0 Å². The van der Waals surface area contributed by atoms with Crippen molar-refractivity contribution in [2.45, 2.75) is 45.6 Å². The zero-order valence-corrected chi connectivity index (χ0v) is 9.54. The molecule has 0 aromatic heterocycles. The van der Waals surface area contributed by atoms with E-state index in [1.807, 2.05) is 7.05 Å². The van der Waals surface area contributed by atoms with Crippen LogP contribution in [0, 0.1) is 5.41 Å². The first-order valence-corrected chi connectivity index (χ1v) is 5.37. The maximum Gasteiger partial charge on any atom is 0.0246 e. The fourth-order valence-electron chi connectivity index (χ4n) is 1.72. The summed E-state index contributed by atoms with van der Waals surface area (Å²) in [6.07, 6.45) is 4.23.